The second-order valence-corrected chi connectivity index (χ2v) is 4.57. The van der Waals surface area contributed by atoms with Crippen molar-refractivity contribution in [1.29, 1.82) is 0 Å². The largest absolute Gasteiger partial charge is 0.497 e. The third-order valence-electron chi connectivity index (χ3n) is 2.12. The van der Waals surface area contributed by atoms with Crippen molar-refractivity contribution in [2.45, 2.75) is 17.0 Å². The lowest BCUT2D eigenvalue weighted by Gasteiger charge is -2.05. The molecule has 0 amide bonds. The van der Waals surface area contributed by atoms with Crippen LogP contribution in [0.1, 0.15) is 5.69 Å². The summed E-state index contributed by atoms with van der Waals surface area (Å²) in [5, 5.41) is 0.706. The van der Waals surface area contributed by atoms with Crippen LogP contribution in [-0.4, -0.2) is 17.1 Å². The van der Waals surface area contributed by atoms with Gasteiger partial charge in [0, 0.05) is 28.5 Å². The van der Waals surface area contributed by atoms with Crippen molar-refractivity contribution in [2.75, 3.05) is 12.8 Å². The van der Waals surface area contributed by atoms with Crippen molar-refractivity contribution < 1.29 is 4.74 Å². The summed E-state index contributed by atoms with van der Waals surface area (Å²) in [7, 11) is 1.62. The topological polar surface area (TPSA) is 61.0 Å². The summed E-state index contributed by atoms with van der Waals surface area (Å²) in [5.41, 5.74) is 7.39. The Balaban J connectivity index is 2.26. The Morgan fingerprint density at radius 2 is 2.12 bits per heavy atom. The molecular formula is C12H13N3OS. The average molecular weight is 247 g/mol. The molecule has 0 aliphatic heterocycles. The van der Waals surface area contributed by atoms with Crippen molar-refractivity contribution in [3.63, 3.8) is 0 Å². The molecule has 0 saturated heterocycles. The van der Waals surface area contributed by atoms with Gasteiger partial charge in [0.15, 0.2) is 5.16 Å². The summed E-state index contributed by atoms with van der Waals surface area (Å²) in [4.78, 5) is 9.48. The molecule has 0 saturated carbocycles. The molecule has 1 aromatic carbocycles. The van der Waals surface area contributed by atoms with Gasteiger partial charge in [-0.1, -0.05) is 0 Å². The maximum absolute atomic E-state index is 5.78. The first-order chi connectivity index (χ1) is 8.17. The Kier molecular flexibility index (Phi) is 3.49. The quantitative estimate of drug-likeness (QED) is 0.667. The number of benzene rings is 1. The highest BCUT2D eigenvalue weighted by molar-refractivity contribution is 7.99. The van der Waals surface area contributed by atoms with Gasteiger partial charge in [0.1, 0.15) is 5.75 Å². The molecule has 2 aromatic rings. The summed E-state index contributed by atoms with van der Waals surface area (Å²) in [6.45, 7) is 1.94. The van der Waals surface area contributed by atoms with Crippen molar-refractivity contribution in [1.82, 2.24) is 9.97 Å². The van der Waals surface area contributed by atoms with E-state index in [2.05, 4.69) is 9.97 Å². The second-order valence-electron chi connectivity index (χ2n) is 3.52. The van der Waals surface area contributed by atoms with Crippen LogP contribution in [-0.2, 0) is 0 Å². The standard InChI is InChI=1S/C12H13N3OS/c1-8-3-4-14-12(15-8)17-11-6-9(13)5-10(7-11)16-2/h3-7H,13H2,1-2H3. The van der Waals surface area contributed by atoms with E-state index in [4.69, 9.17) is 10.5 Å². The maximum atomic E-state index is 5.78. The Labute approximate surface area is 104 Å². The van der Waals surface area contributed by atoms with Crippen LogP contribution in [0.4, 0.5) is 5.69 Å². The van der Waals surface area contributed by atoms with E-state index < -0.39 is 0 Å². The van der Waals surface area contributed by atoms with Gasteiger partial charge in [-0.3, -0.25) is 0 Å². The number of aryl methyl sites for hydroxylation is 1. The number of methoxy groups -OCH3 is 1. The second kappa shape index (κ2) is 5.05. The number of nitrogens with two attached hydrogens (primary N) is 1. The van der Waals surface area contributed by atoms with Gasteiger partial charge in [0.25, 0.3) is 0 Å². The first-order valence-corrected chi connectivity index (χ1v) is 5.91. The molecule has 2 rings (SSSR count). The minimum Gasteiger partial charge on any atom is -0.497 e. The number of aromatic nitrogens is 2. The van der Waals surface area contributed by atoms with Crippen LogP contribution in [0, 0.1) is 6.92 Å². The van der Waals surface area contributed by atoms with E-state index in [1.54, 1.807) is 19.4 Å². The fraction of sp³-hybridized carbons (Fsp3) is 0.167. The lowest BCUT2D eigenvalue weighted by Crippen LogP contribution is -1.91. The molecular weight excluding hydrogens is 234 g/mol. The van der Waals surface area contributed by atoms with Gasteiger partial charge in [-0.2, -0.15) is 0 Å². The first kappa shape index (κ1) is 11.7. The van der Waals surface area contributed by atoms with Crippen LogP contribution in [0.2, 0.25) is 0 Å². The smallest absolute Gasteiger partial charge is 0.192 e. The monoisotopic (exact) mass is 247 g/mol. The van der Waals surface area contributed by atoms with Crippen LogP contribution in [0.25, 0.3) is 0 Å². The van der Waals surface area contributed by atoms with Gasteiger partial charge < -0.3 is 10.5 Å². The van der Waals surface area contributed by atoms with E-state index in [-0.39, 0.29) is 0 Å². The van der Waals surface area contributed by atoms with Crippen LogP contribution in [0.15, 0.2) is 40.5 Å². The SMILES string of the molecule is COc1cc(N)cc(Sc2nccc(C)n2)c1. The average Bonchev–Trinajstić information content (AvgIpc) is 2.28. The molecule has 0 bridgehead atoms. The molecule has 0 atom stereocenters. The number of anilines is 1. The fourth-order valence-electron chi connectivity index (χ4n) is 1.35. The van der Waals surface area contributed by atoms with Crippen molar-refractivity contribution in [3.05, 3.63) is 36.2 Å². The van der Waals surface area contributed by atoms with E-state index >= 15 is 0 Å². The van der Waals surface area contributed by atoms with Crippen molar-refractivity contribution in [3.8, 4) is 5.75 Å². The molecule has 5 heteroatoms. The molecule has 0 aliphatic carbocycles. The van der Waals surface area contributed by atoms with Crippen LogP contribution < -0.4 is 10.5 Å². The third-order valence-corrected chi connectivity index (χ3v) is 2.97. The number of hydrogen-bond donors (Lipinski definition) is 1. The Bertz CT molecular complexity index is 531. The predicted octanol–water partition coefficient (Wildman–Crippen LogP) is 2.53. The lowest BCUT2D eigenvalue weighted by molar-refractivity contribution is 0.414. The number of hydrogen-bond acceptors (Lipinski definition) is 5. The zero-order valence-corrected chi connectivity index (χ0v) is 10.5. The van der Waals surface area contributed by atoms with E-state index in [1.165, 1.54) is 11.8 Å². The zero-order valence-electron chi connectivity index (χ0n) is 9.68. The van der Waals surface area contributed by atoms with Gasteiger partial charge in [-0.25, -0.2) is 9.97 Å². The molecule has 0 unspecified atom stereocenters. The Morgan fingerprint density at radius 1 is 1.29 bits per heavy atom. The van der Waals surface area contributed by atoms with Crippen LogP contribution in [0.5, 0.6) is 5.75 Å². The highest BCUT2D eigenvalue weighted by Crippen LogP contribution is 2.30. The summed E-state index contributed by atoms with van der Waals surface area (Å²) in [5.74, 6) is 0.736. The molecule has 0 fully saturated rings. The molecule has 0 aliphatic rings. The molecule has 1 aromatic heterocycles. The molecule has 88 valence electrons. The molecule has 0 spiro atoms. The van der Waals surface area contributed by atoms with E-state index in [0.29, 0.717) is 10.8 Å². The predicted molar refractivity (Wildman–Crippen MR) is 68.3 cm³/mol. The van der Waals surface area contributed by atoms with Crippen LogP contribution in [0.3, 0.4) is 0 Å². The lowest BCUT2D eigenvalue weighted by atomic mass is 10.3. The highest BCUT2D eigenvalue weighted by atomic mass is 32.2. The number of ether oxygens (including phenoxy) is 1. The number of nitrogen functional groups attached to an aromatic ring is 1. The van der Waals surface area contributed by atoms with Gasteiger partial charge in [0.05, 0.1) is 7.11 Å². The molecule has 1 heterocycles. The van der Waals surface area contributed by atoms with Crippen molar-refractivity contribution in [2.24, 2.45) is 0 Å². The molecule has 2 N–H and O–H groups in total. The minimum atomic E-state index is 0.666. The molecule has 0 radical (unpaired) electrons. The van der Waals surface area contributed by atoms with Gasteiger partial charge in [-0.15, -0.1) is 0 Å². The van der Waals surface area contributed by atoms with E-state index in [9.17, 15) is 0 Å². The summed E-state index contributed by atoms with van der Waals surface area (Å²) in [6, 6.07) is 7.43. The fourth-order valence-corrected chi connectivity index (χ4v) is 2.24. The first-order valence-electron chi connectivity index (χ1n) is 5.09. The van der Waals surface area contributed by atoms with Crippen LogP contribution >= 0.6 is 11.8 Å². The minimum absolute atomic E-state index is 0.666. The Morgan fingerprint density at radius 3 is 2.82 bits per heavy atom. The number of rotatable bonds is 3. The van der Waals surface area contributed by atoms with Crippen molar-refractivity contribution >= 4 is 17.4 Å². The van der Waals surface area contributed by atoms with Gasteiger partial charge in [0.2, 0.25) is 0 Å². The highest BCUT2D eigenvalue weighted by Gasteiger charge is 2.04. The van der Waals surface area contributed by atoms with E-state index in [0.717, 1.165) is 16.3 Å². The summed E-state index contributed by atoms with van der Waals surface area (Å²) in [6.07, 6.45) is 1.74. The maximum Gasteiger partial charge on any atom is 0.192 e. The number of nitrogens with zero attached hydrogens (tertiary/aromatic N) is 2. The van der Waals surface area contributed by atoms with Gasteiger partial charge >= 0.3 is 0 Å². The molecule has 17 heavy (non-hydrogen) atoms. The zero-order chi connectivity index (χ0) is 12.3. The normalized spacial score (nSPS) is 10.2. The Hall–Kier alpha value is -1.75. The summed E-state index contributed by atoms with van der Waals surface area (Å²) >= 11 is 1.46. The summed E-state index contributed by atoms with van der Waals surface area (Å²) < 4.78 is 5.16. The third kappa shape index (κ3) is 3.10. The van der Waals surface area contributed by atoms with Gasteiger partial charge in [-0.05, 0) is 36.9 Å². The van der Waals surface area contributed by atoms with E-state index in [1.807, 2.05) is 25.1 Å². The molecule has 4 nitrogen and oxygen atoms in total.